The van der Waals surface area contributed by atoms with Gasteiger partial charge in [-0.2, -0.15) is 0 Å². The Morgan fingerprint density at radius 2 is 1.43 bits per heavy atom. The van der Waals surface area contributed by atoms with Gasteiger partial charge >= 0.3 is 6.03 Å². The van der Waals surface area contributed by atoms with Crippen LogP contribution in [0.2, 0.25) is 0 Å². The molecule has 3 nitrogen and oxygen atoms in total. The van der Waals surface area contributed by atoms with E-state index in [-0.39, 0.29) is 6.03 Å². The van der Waals surface area contributed by atoms with Crippen molar-refractivity contribution in [3.05, 3.63) is 34.9 Å². The third kappa shape index (κ3) is 13.2. The molecule has 21 heavy (non-hydrogen) atoms. The minimum atomic E-state index is -0.100. The maximum Gasteiger partial charge on any atom is 0.315 e. The zero-order valence-corrected chi connectivity index (χ0v) is 14.4. The second-order valence-electron chi connectivity index (χ2n) is 5.70. The van der Waals surface area contributed by atoms with Gasteiger partial charge in [0.05, 0.1) is 0 Å². The molecule has 0 aromatic heterocycles. The van der Waals surface area contributed by atoms with Gasteiger partial charge in [-0.3, -0.25) is 0 Å². The second-order valence-corrected chi connectivity index (χ2v) is 5.70. The van der Waals surface area contributed by atoms with Crippen LogP contribution in [-0.4, -0.2) is 19.1 Å². The van der Waals surface area contributed by atoms with E-state index < -0.39 is 0 Å². The molecule has 0 bridgehead atoms. The SMILES string of the molecule is CCNC(=O)NC/C=C(\C)CC/C=C(\C)CCC=C(C)C. The highest BCUT2D eigenvalue weighted by atomic mass is 16.2. The van der Waals surface area contributed by atoms with Crippen molar-refractivity contribution in [2.24, 2.45) is 0 Å². The number of allylic oxidation sites excluding steroid dienone is 5. The summed E-state index contributed by atoms with van der Waals surface area (Å²) >= 11 is 0. The molecule has 3 heteroatoms. The normalized spacial score (nSPS) is 12.0. The largest absolute Gasteiger partial charge is 0.338 e. The van der Waals surface area contributed by atoms with Gasteiger partial charge in [-0.1, -0.05) is 34.9 Å². The lowest BCUT2D eigenvalue weighted by Crippen LogP contribution is -2.35. The minimum Gasteiger partial charge on any atom is -0.338 e. The van der Waals surface area contributed by atoms with Gasteiger partial charge in [0.1, 0.15) is 0 Å². The van der Waals surface area contributed by atoms with E-state index in [1.54, 1.807) is 0 Å². The number of amides is 2. The quantitative estimate of drug-likeness (QED) is 0.593. The smallest absolute Gasteiger partial charge is 0.315 e. The van der Waals surface area contributed by atoms with Gasteiger partial charge in [-0.15, -0.1) is 0 Å². The average Bonchev–Trinajstić information content (AvgIpc) is 2.38. The monoisotopic (exact) mass is 292 g/mol. The maximum absolute atomic E-state index is 11.2. The predicted octanol–water partition coefficient (Wildman–Crippen LogP) is 4.72. The molecule has 0 saturated carbocycles. The number of nitrogens with one attached hydrogen (secondary N) is 2. The fourth-order valence-corrected chi connectivity index (χ4v) is 1.88. The fourth-order valence-electron chi connectivity index (χ4n) is 1.88. The first-order valence-corrected chi connectivity index (χ1v) is 7.92. The van der Waals surface area contributed by atoms with E-state index >= 15 is 0 Å². The van der Waals surface area contributed by atoms with Crippen molar-refractivity contribution in [3.63, 3.8) is 0 Å². The van der Waals surface area contributed by atoms with Crippen LogP contribution in [-0.2, 0) is 0 Å². The van der Waals surface area contributed by atoms with Crippen LogP contribution in [0.4, 0.5) is 4.79 Å². The first kappa shape index (κ1) is 19.5. The molecule has 0 aromatic rings. The van der Waals surface area contributed by atoms with Crippen LogP contribution in [0.15, 0.2) is 34.9 Å². The molecule has 0 aliphatic carbocycles. The Balaban J connectivity index is 3.88. The summed E-state index contributed by atoms with van der Waals surface area (Å²) in [6, 6.07) is -0.100. The Morgan fingerprint density at radius 3 is 2.00 bits per heavy atom. The van der Waals surface area contributed by atoms with Crippen molar-refractivity contribution in [2.75, 3.05) is 13.1 Å². The fraction of sp³-hybridized carbons (Fsp3) is 0.611. The van der Waals surface area contributed by atoms with Crippen molar-refractivity contribution < 1.29 is 4.79 Å². The molecule has 0 rings (SSSR count). The summed E-state index contributed by atoms with van der Waals surface area (Å²) in [7, 11) is 0. The molecule has 0 radical (unpaired) electrons. The summed E-state index contributed by atoms with van der Waals surface area (Å²) in [6.45, 7) is 11.8. The molecule has 0 aliphatic heterocycles. The van der Waals surface area contributed by atoms with Crippen LogP contribution >= 0.6 is 0 Å². The number of rotatable bonds is 9. The molecule has 2 N–H and O–H groups in total. The third-order valence-corrected chi connectivity index (χ3v) is 3.17. The molecular formula is C18H32N2O. The van der Waals surface area contributed by atoms with Crippen LogP contribution < -0.4 is 10.6 Å². The number of carbonyl (C=O) groups is 1. The lowest BCUT2D eigenvalue weighted by atomic mass is 10.1. The Labute approximate surface area is 130 Å². The van der Waals surface area contributed by atoms with E-state index in [4.69, 9.17) is 0 Å². The average molecular weight is 292 g/mol. The lowest BCUT2D eigenvalue weighted by Gasteiger charge is -2.04. The van der Waals surface area contributed by atoms with Crippen molar-refractivity contribution in [1.29, 1.82) is 0 Å². The topological polar surface area (TPSA) is 41.1 Å². The van der Waals surface area contributed by atoms with Crippen molar-refractivity contribution in [1.82, 2.24) is 10.6 Å². The highest BCUT2D eigenvalue weighted by Crippen LogP contribution is 2.11. The van der Waals surface area contributed by atoms with E-state index in [2.05, 4.69) is 56.6 Å². The van der Waals surface area contributed by atoms with Gasteiger partial charge in [0.15, 0.2) is 0 Å². The maximum atomic E-state index is 11.2. The van der Waals surface area contributed by atoms with Crippen LogP contribution in [0.25, 0.3) is 0 Å². The molecule has 0 atom stereocenters. The van der Waals surface area contributed by atoms with Gasteiger partial charge in [0.25, 0.3) is 0 Å². The molecule has 0 aliphatic rings. The molecule has 0 unspecified atom stereocenters. The molecule has 0 heterocycles. The van der Waals surface area contributed by atoms with Gasteiger partial charge in [0.2, 0.25) is 0 Å². The number of urea groups is 1. The highest BCUT2D eigenvalue weighted by molar-refractivity contribution is 5.73. The standard InChI is InChI=1S/C18H32N2O/c1-6-19-18(21)20-14-13-17(5)12-8-11-16(4)10-7-9-15(2)3/h9,11,13H,6-8,10,12,14H2,1-5H3,(H2,19,20,21)/b16-11+,17-13+. The highest BCUT2D eigenvalue weighted by Gasteiger charge is 1.95. The van der Waals surface area contributed by atoms with Crippen LogP contribution in [0.3, 0.4) is 0 Å². The Morgan fingerprint density at radius 1 is 0.857 bits per heavy atom. The molecule has 0 fully saturated rings. The van der Waals surface area contributed by atoms with Crippen LogP contribution in [0.1, 0.15) is 60.3 Å². The Hall–Kier alpha value is -1.51. The summed E-state index contributed by atoms with van der Waals surface area (Å²) in [5.41, 5.74) is 4.17. The van der Waals surface area contributed by atoms with Gasteiger partial charge in [-0.05, 0) is 60.3 Å². The van der Waals surface area contributed by atoms with E-state index in [1.807, 2.05) is 6.92 Å². The van der Waals surface area contributed by atoms with E-state index in [9.17, 15) is 4.79 Å². The Bertz CT molecular complexity index is 388. The van der Waals surface area contributed by atoms with Gasteiger partial charge in [0, 0.05) is 13.1 Å². The third-order valence-electron chi connectivity index (χ3n) is 3.17. The van der Waals surface area contributed by atoms with Crippen molar-refractivity contribution in [2.45, 2.75) is 60.3 Å². The molecule has 0 saturated heterocycles. The molecule has 2 amide bonds. The summed E-state index contributed by atoms with van der Waals surface area (Å²) in [5.74, 6) is 0. The van der Waals surface area contributed by atoms with Crippen molar-refractivity contribution in [3.8, 4) is 0 Å². The summed E-state index contributed by atoms with van der Waals surface area (Å²) in [4.78, 5) is 11.2. The van der Waals surface area contributed by atoms with E-state index in [0.29, 0.717) is 13.1 Å². The van der Waals surface area contributed by atoms with E-state index in [0.717, 1.165) is 25.7 Å². The lowest BCUT2D eigenvalue weighted by molar-refractivity contribution is 0.242. The molecular weight excluding hydrogens is 260 g/mol. The van der Waals surface area contributed by atoms with Gasteiger partial charge < -0.3 is 10.6 Å². The van der Waals surface area contributed by atoms with Gasteiger partial charge in [-0.25, -0.2) is 4.79 Å². The summed E-state index contributed by atoms with van der Waals surface area (Å²) in [5, 5.41) is 5.52. The summed E-state index contributed by atoms with van der Waals surface area (Å²) < 4.78 is 0. The zero-order valence-electron chi connectivity index (χ0n) is 14.4. The number of hydrogen-bond donors (Lipinski definition) is 2. The first-order chi connectivity index (χ1) is 9.95. The molecule has 120 valence electrons. The van der Waals surface area contributed by atoms with Crippen LogP contribution in [0, 0.1) is 0 Å². The van der Waals surface area contributed by atoms with Crippen molar-refractivity contribution >= 4 is 6.03 Å². The molecule has 0 aromatic carbocycles. The predicted molar refractivity (Wildman–Crippen MR) is 92.5 cm³/mol. The minimum absolute atomic E-state index is 0.100. The summed E-state index contributed by atoms with van der Waals surface area (Å²) in [6.07, 6.45) is 11.1. The van der Waals surface area contributed by atoms with E-state index in [1.165, 1.54) is 16.7 Å². The number of hydrogen-bond acceptors (Lipinski definition) is 1. The second kappa shape index (κ2) is 12.2. The Kier molecular flexibility index (Phi) is 11.4. The molecule has 0 spiro atoms. The first-order valence-electron chi connectivity index (χ1n) is 7.92. The number of carbonyl (C=O) groups excluding carboxylic acids is 1. The zero-order chi connectivity index (χ0) is 16.1. The van der Waals surface area contributed by atoms with Crippen LogP contribution in [0.5, 0.6) is 0 Å².